The van der Waals surface area contributed by atoms with Gasteiger partial charge in [0, 0.05) is 35.4 Å². The number of esters is 2. The van der Waals surface area contributed by atoms with Crippen LogP contribution in [0, 0.1) is 5.41 Å². The lowest BCUT2D eigenvalue weighted by molar-refractivity contribution is -0.172. The summed E-state index contributed by atoms with van der Waals surface area (Å²) in [6.45, 7) is 6.87. The Bertz CT molecular complexity index is 2980. The van der Waals surface area contributed by atoms with Gasteiger partial charge < -0.3 is 50.1 Å². The summed E-state index contributed by atoms with van der Waals surface area (Å²) >= 11 is 0. The molecule has 0 saturated carbocycles. The summed E-state index contributed by atoms with van der Waals surface area (Å²) in [5.41, 5.74) is 12.9. The molecule has 0 unspecified atom stereocenters. The number of hydrogen-bond acceptors (Lipinski definition) is 12. The molecule has 0 aromatic heterocycles. The highest BCUT2D eigenvalue weighted by molar-refractivity contribution is 6.01. The van der Waals surface area contributed by atoms with Crippen LogP contribution in [0.3, 0.4) is 0 Å². The molecule has 0 spiro atoms. The fourth-order valence-corrected chi connectivity index (χ4v) is 11.8. The molecule has 0 amide bonds. The van der Waals surface area contributed by atoms with E-state index in [1.54, 1.807) is 97.1 Å². The molecule has 0 aliphatic carbocycles. The highest BCUT2D eigenvalue weighted by atomic mass is 16.5. The van der Waals surface area contributed by atoms with Gasteiger partial charge in [0.2, 0.25) is 0 Å². The zero-order valence-electron chi connectivity index (χ0n) is 55.2. The van der Waals surface area contributed by atoms with Gasteiger partial charge in [-0.05, 0) is 170 Å². The smallest absolute Gasteiger partial charge is 0.336 e. The molecule has 0 radical (unpaired) electrons. The Morgan fingerprint density at radius 1 is 0.366 bits per heavy atom. The van der Waals surface area contributed by atoms with Crippen molar-refractivity contribution < 1.29 is 57.8 Å². The first kappa shape index (κ1) is 73.5. The number of carbonyl (C=O) groups excluding carboxylic acids is 2. The fourth-order valence-electron chi connectivity index (χ4n) is 11.8. The molecular weight excluding hydrogens is 1170 g/mol. The molecule has 0 aliphatic rings. The van der Waals surface area contributed by atoms with Gasteiger partial charge in [0.15, 0.2) is 5.41 Å². The first-order chi connectivity index (χ1) is 45.3. The zero-order valence-corrected chi connectivity index (χ0v) is 55.2. The summed E-state index contributed by atoms with van der Waals surface area (Å²) in [5.74, 6) is 0.365. The van der Waals surface area contributed by atoms with Gasteiger partial charge in [0.25, 0.3) is 0 Å². The van der Waals surface area contributed by atoms with Crippen molar-refractivity contribution in [1.29, 1.82) is 0 Å². The van der Waals surface area contributed by atoms with Crippen molar-refractivity contribution in [3.05, 3.63) is 180 Å². The standard InChI is InChI=1S/C79H102N2O12/c1-3-5-23-57-88-70-45-49-72(50-46-70)92-74(82)53-33-62-29-41-68(42-30-62)90-59-25-19-15-11-7-9-13-17-21-55-78(65-35-39-67(81)40-36-65,79(76(84)85,77(86)87)61-64-27-37-66(80)38-28-64)56-22-18-14-10-8-12-16-20-26-60-91-69-43-31-63(32-44-69)34-54-75(83)93-73-51-47-71(48-52-73)89-58-24-6-4-2/h27-54H,3-26,55-61,80-81H2,1-2H3,(H,84,85)(H,86,87). The SMILES string of the molecule is CCCCCOc1ccc(OC(=O)C=Cc2ccc(OCCCCCCCCCCCC(CCCCCCCCCCCOc3ccc(C=CC(=O)Oc4ccc(OCCCCC)cc4)cc3)(c3ccc(N)cc3)C(Cc3ccc(N)cc3)(C(=O)O)C(=O)O)cc2)cc1. The van der Waals surface area contributed by atoms with Crippen molar-refractivity contribution in [3.8, 4) is 34.5 Å². The number of unbranched alkanes of at least 4 members (excludes halogenated alkanes) is 20. The Morgan fingerprint density at radius 3 is 0.989 bits per heavy atom. The van der Waals surface area contributed by atoms with E-state index in [1.807, 2.05) is 60.7 Å². The molecule has 0 heterocycles. The van der Waals surface area contributed by atoms with Crippen molar-refractivity contribution >= 4 is 47.4 Å². The minimum absolute atomic E-state index is 0.189. The summed E-state index contributed by atoms with van der Waals surface area (Å²) in [7, 11) is 0. The van der Waals surface area contributed by atoms with Crippen LogP contribution in [0.4, 0.5) is 11.4 Å². The normalized spacial score (nSPS) is 12.2. The van der Waals surface area contributed by atoms with Gasteiger partial charge in [-0.3, -0.25) is 9.59 Å². The molecule has 93 heavy (non-hydrogen) atoms. The van der Waals surface area contributed by atoms with E-state index in [0.717, 1.165) is 175 Å². The highest BCUT2D eigenvalue weighted by Gasteiger charge is 2.62. The lowest BCUT2D eigenvalue weighted by atomic mass is 9.53. The quantitative estimate of drug-likeness (QED) is 0.00698. The third kappa shape index (κ3) is 26.2. The van der Waals surface area contributed by atoms with Gasteiger partial charge in [-0.25, -0.2) is 9.59 Å². The number of aliphatic carboxylic acids is 2. The Hall–Kier alpha value is -8.52. The van der Waals surface area contributed by atoms with Crippen LogP contribution in [0.1, 0.15) is 203 Å². The number of carbonyl (C=O) groups is 4. The molecule has 0 saturated heterocycles. The average molecular weight is 1270 g/mol. The average Bonchev–Trinajstić information content (AvgIpc) is 0.729. The van der Waals surface area contributed by atoms with Gasteiger partial charge >= 0.3 is 23.9 Å². The number of carboxylic acids is 2. The molecule has 500 valence electrons. The van der Waals surface area contributed by atoms with E-state index in [1.165, 1.54) is 12.2 Å². The molecule has 0 bridgehead atoms. The summed E-state index contributed by atoms with van der Waals surface area (Å²) in [6.07, 6.45) is 31.0. The fraction of sp³-hybridized carbons (Fsp3) is 0.443. The Balaban J connectivity index is 0.891. The zero-order chi connectivity index (χ0) is 66.2. The molecule has 6 aromatic rings. The molecule has 14 heteroatoms. The van der Waals surface area contributed by atoms with Gasteiger partial charge in [0.05, 0.1) is 26.4 Å². The van der Waals surface area contributed by atoms with Crippen molar-refractivity contribution in [3.63, 3.8) is 0 Å². The van der Waals surface area contributed by atoms with Crippen LogP contribution in [0.25, 0.3) is 12.2 Å². The van der Waals surface area contributed by atoms with E-state index < -0.39 is 34.7 Å². The van der Waals surface area contributed by atoms with Crippen LogP contribution in [0.5, 0.6) is 34.5 Å². The molecule has 0 aliphatic heterocycles. The number of nitrogen functional groups attached to an aromatic ring is 2. The second kappa shape index (κ2) is 41.9. The van der Waals surface area contributed by atoms with Crippen LogP contribution in [0.15, 0.2) is 158 Å². The maximum atomic E-state index is 13.9. The van der Waals surface area contributed by atoms with Gasteiger partial charge in [-0.1, -0.05) is 191 Å². The monoisotopic (exact) mass is 1270 g/mol. The predicted molar refractivity (Wildman–Crippen MR) is 373 cm³/mol. The largest absolute Gasteiger partial charge is 0.494 e. The molecule has 6 rings (SSSR count). The van der Waals surface area contributed by atoms with E-state index >= 15 is 0 Å². The summed E-state index contributed by atoms with van der Waals surface area (Å²) in [5, 5.41) is 22.7. The number of nitrogens with two attached hydrogens (primary N) is 2. The van der Waals surface area contributed by atoms with E-state index in [4.69, 9.17) is 39.9 Å². The second-order valence-corrected chi connectivity index (χ2v) is 24.4. The van der Waals surface area contributed by atoms with Gasteiger partial charge in [0.1, 0.15) is 34.5 Å². The molecular formula is C79H102N2O12. The molecule has 6 aromatic carbocycles. The first-order valence-electron chi connectivity index (χ1n) is 34.2. The molecule has 14 nitrogen and oxygen atoms in total. The van der Waals surface area contributed by atoms with E-state index in [9.17, 15) is 29.4 Å². The lowest BCUT2D eigenvalue weighted by Gasteiger charge is -2.47. The molecule has 0 fully saturated rings. The Morgan fingerprint density at radius 2 is 0.656 bits per heavy atom. The summed E-state index contributed by atoms with van der Waals surface area (Å²) in [6, 6.07) is 43.5. The van der Waals surface area contributed by atoms with Crippen LogP contribution < -0.4 is 39.9 Å². The number of rotatable bonds is 48. The van der Waals surface area contributed by atoms with Crippen molar-refractivity contribution in [2.24, 2.45) is 5.41 Å². The number of ether oxygens (including phenoxy) is 6. The summed E-state index contributed by atoms with van der Waals surface area (Å²) in [4.78, 5) is 52.8. The minimum Gasteiger partial charge on any atom is -0.494 e. The van der Waals surface area contributed by atoms with Crippen molar-refractivity contribution in [2.45, 2.75) is 193 Å². The number of hydrogen-bond donors (Lipinski definition) is 4. The Kier molecular flexibility index (Phi) is 33.1. The van der Waals surface area contributed by atoms with Crippen LogP contribution in [-0.4, -0.2) is 60.5 Å². The number of carboxylic acid groups (broad SMARTS) is 2. The first-order valence-corrected chi connectivity index (χ1v) is 34.2. The predicted octanol–water partition coefficient (Wildman–Crippen LogP) is 18.8. The molecule has 0 atom stereocenters. The second-order valence-electron chi connectivity index (χ2n) is 24.4. The maximum Gasteiger partial charge on any atom is 0.336 e. The van der Waals surface area contributed by atoms with E-state index in [0.29, 0.717) is 86.1 Å². The van der Waals surface area contributed by atoms with Crippen molar-refractivity contribution in [1.82, 2.24) is 0 Å². The van der Waals surface area contributed by atoms with Crippen LogP contribution in [0.2, 0.25) is 0 Å². The molecule has 6 N–H and O–H groups in total. The number of benzene rings is 6. The lowest BCUT2D eigenvalue weighted by Crippen LogP contribution is -2.57. The van der Waals surface area contributed by atoms with Gasteiger partial charge in [-0.2, -0.15) is 0 Å². The Labute approximate surface area is 553 Å². The van der Waals surface area contributed by atoms with Crippen LogP contribution >= 0.6 is 0 Å². The highest BCUT2D eigenvalue weighted by Crippen LogP contribution is 2.52. The van der Waals surface area contributed by atoms with E-state index in [2.05, 4.69) is 13.8 Å². The van der Waals surface area contributed by atoms with Crippen LogP contribution in [-0.2, 0) is 31.0 Å². The topological polar surface area (TPSA) is 216 Å². The third-order valence-corrected chi connectivity index (χ3v) is 17.2. The van der Waals surface area contributed by atoms with Gasteiger partial charge in [-0.15, -0.1) is 0 Å². The minimum atomic E-state index is -2.17. The van der Waals surface area contributed by atoms with E-state index in [-0.39, 0.29) is 6.42 Å². The number of anilines is 2. The summed E-state index contributed by atoms with van der Waals surface area (Å²) < 4.78 is 34.4. The maximum absolute atomic E-state index is 13.9. The third-order valence-electron chi connectivity index (χ3n) is 17.2. The van der Waals surface area contributed by atoms with Crippen molar-refractivity contribution in [2.75, 3.05) is 37.9 Å².